The lowest BCUT2D eigenvalue weighted by molar-refractivity contribution is -0.111. The number of nitrogens with one attached hydrogen (secondary N) is 2. The second kappa shape index (κ2) is 6.05. The molecule has 1 amide bonds. The van der Waals surface area contributed by atoms with E-state index < -0.39 is 0 Å². The molecule has 2 aromatic rings. The quantitative estimate of drug-likeness (QED) is 0.457. The minimum atomic E-state index is -0.284. The van der Waals surface area contributed by atoms with Crippen molar-refractivity contribution in [2.45, 2.75) is 6.92 Å². The van der Waals surface area contributed by atoms with E-state index >= 15 is 0 Å². The molecule has 0 saturated carbocycles. The number of anilines is 2. The van der Waals surface area contributed by atoms with Gasteiger partial charge < -0.3 is 11.1 Å². The van der Waals surface area contributed by atoms with Crippen molar-refractivity contribution < 1.29 is 4.79 Å². The van der Waals surface area contributed by atoms with E-state index in [1.165, 1.54) is 6.08 Å². The molecule has 0 unspecified atom stereocenters. The maximum absolute atomic E-state index is 11.3. The highest BCUT2D eigenvalue weighted by molar-refractivity contribution is 6.14. The summed E-state index contributed by atoms with van der Waals surface area (Å²) in [4.78, 5) is 11.3. The molecule has 0 aliphatic rings. The van der Waals surface area contributed by atoms with E-state index in [1.807, 2.05) is 31.2 Å². The monoisotopic (exact) mass is 279 g/mol. The molecule has 4 nitrogen and oxygen atoms in total. The normalized spacial score (nSPS) is 9.95. The van der Waals surface area contributed by atoms with E-state index in [9.17, 15) is 4.79 Å². The molecule has 0 aliphatic carbocycles. The second-order valence-electron chi connectivity index (χ2n) is 4.74. The first kappa shape index (κ1) is 14.5. The van der Waals surface area contributed by atoms with Gasteiger partial charge in [0, 0.05) is 22.5 Å². The standard InChI is InChI=1S/C17H17N3O/c1-3-16(21)20-13-6-4-5-12(10-13)17(19)14-8-7-11(2)9-15(14)18/h3-10,19H,1,18H2,2H3,(H,20,21). The van der Waals surface area contributed by atoms with Crippen molar-refractivity contribution in [3.05, 3.63) is 71.8 Å². The summed E-state index contributed by atoms with van der Waals surface area (Å²) in [6, 6.07) is 12.7. The lowest BCUT2D eigenvalue weighted by Crippen LogP contribution is -2.09. The molecule has 106 valence electrons. The van der Waals surface area contributed by atoms with Crippen molar-refractivity contribution in [1.82, 2.24) is 0 Å². The molecule has 2 rings (SSSR count). The van der Waals surface area contributed by atoms with Gasteiger partial charge in [0.25, 0.3) is 0 Å². The van der Waals surface area contributed by atoms with Gasteiger partial charge in [-0.05, 0) is 36.8 Å². The molecule has 21 heavy (non-hydrogen) atoms. The number of rotatable bonds is 4. The van der Waals surface area contributed by atoms with Gasteiger partial charge in [-0.25, -0.2) is 0 Å². The molecule has 0 bridgehead atoms. The number of nitrogens with two attached hydrogens (primary N) is 1. The number of carbonyl (C=O) groups excluding carboxylic acids is 1. The van der Waals surface area contributed by atoms with Crippen LogP contribution >= 0.6 is 0 Å². The van der Waals surface area contributed by atoms with Gasteiger partial charge in [-0.3, -0.25) is 10.2 Å². The average Bonchev–Trinajstić information content (AvgIpc) is 2.47. The summed E-state index contributed by atoms with van der Waals surface area (Å²) < 4.78 is 0. The topological polar surface area (TPSA) is 79.0 Å². The molecule has 0 aliphatic heterocycles. The van der Waals surface area contributed by atoms with E-state index in [1.54, 1.807) is 18.2 Å². The fourth-order valence-corrected chi connectivity index (χ4v) is 2.01. The fraction of sp³-hybridized carbons (Fsp3) is 0.0588. The number of amides is 1. The van der Waals surface area contributed by atoms with E-state index in [2.05, 4.69) is 11.9 Å². The first-order valence-corrected chi connectivity index (χ1v) is 6.50. The number of hydrogen-bond donors (Lipinski definition) is 3. The van der Waals surface area contributed by atoms with Gasteiger partial charge in [-0.15, -0.1) is 0 Å². The third-order valence-electron chi connectivity index (χ3n) is 3.08. The van der Waals surface area contributed by atoms with E-state index in [0.717, 1.165) is 5.56 Å². The van der Waals surface area contributed by atoms with Crippen LogP contribution in [-0.4, -0.2) is 11.6 Å². The molecule has 0 heterocycles. The molecule has 0 spiro atoms. The maximum Gasteiger partial charge on any atom is 0.247 e. The molecule has 4 N–H and O–H groups in total. The van der Waals surface area contributed by atoms with Crippen LogP contribution in [0.5, 0.6) is 0 Å². The zero-order valence-corrected chi connectivity index (χ0v) is 11.8. The van der Waals surface area contributed by atoms with Crippen molar-refractivity contribution in [1.29, 1.82) is 5.41 Å². The predicted octanol–water partition coefficient (Wildman–Crippen LogP) is 3.12. The Hall–Kier alpha value is -2.88. The van der Waals surface area contributed by atoms with E-state index in [-0.39, 0.29) is 5.91 Å². The van der Waals surface area contributed by atoms with Crippen molar-refractivity contribution in [2.75, 3.05) is 11.1 Å². The Morgan fingerprint density at radius 1 is 1.29 bits per heavy atom. The highest BCUT2D eigenvalue weighted by Gasteiger charge is 2.09. The van der Waals surface area contributed by atoms with Gasteiger partial charge >= 0.3 is 0 Å². The van der Waals surface area contributed by atoms with Crippen LogP contribution in [0.4, 0.5) is 11.4 Å². The van der Waals surface area contributed by atoms with Gasteiger partial charge in [-0.2, -0.15) is 0 Å². The lowest BCUT2D eigenvalue weighted by Gasteiger charge is -2.10. The second-order valence-corrected chi connectivity index (χ2v) is 4.74. The zero-order chi connectivity index (χ0) is 15.4. The summed E-state index contributed by atoms with van der Waals surface area (Å²) >= 11 is 0. The van der Waals surface area contributed by atoms with Gasteiger partial charge in [0.1, 0.15) is 0 Å². The third-order valence-corrected chi connectivity index (χ3v) is 3.08. The Bertz CT molecular complexity index is 720. The smallest absolute Gasteiger partial charge is 0.247 e. The number of nitrogen functional groups attached to an aromatic ring is 1. The van der Waals surface area contributed by atoms with Crippen LogP contribution in [-0.2, 0) is 4.79 Å². The zero-order valence-electron chi connectivity index (χ0n) is 11.8. The molecule has 4 heteroatoms. The molecule has 0 radical (unpaired) electrons. The molecule has 0 aromatic heterocycles. The Labute approximate surface area is 123 Å². The highest BCUT2D eigenvalue weighted by Crippen LogP contribution is 2.20. The minimum Gasteiger partial charge on any atom is -0.398 e. The van der Waals surface area contributed by atoms with Gasteiger partial charge in [0.05, 0.1) is 5.71 Å². The van der Waals surface area contributed by atoms with E-state index in [0.29, 0.717) is 28.2 Å². The SMILES string of the molecule is C=CC(=O)Nc1cccc(C(=N)c2ccc(C)cc2N)c1. The summed E-state index contributed by atoms with van der Waals surface area (Å²) in [6.45, 7) is 5.36. The number of hydrogen-bond acceptors (Lipinski definition) is 3. The van der Waals surface area contributed by atoms with Crippen molar-refractivity contribution in [3.63, 3.8) is 0 Å². The number of benzene rings is 2. The summed E-state index contributed by atoms with van der Waals surface area (Å²) in [7, 11) is 0. The number of aryl methyl sites for hydroxylation is 1. The molecule has 0 fully saturated rings. The first-order chi connectivity index (χ1) is 10.0. The summed E-state index contributed by atoms with van der Waals surface area (Å²) in [5.74, 6) is -0.284. The van der Waals surface area contributed by atoms with Crippen LogP contribution in [0.15, 0.2) is 55.1 Å². The Morgan fingerprint density at radius 3 is 2.71 bits per heavy atom. The van der Waals surface area contributed by atoms with Crippen LogP contribution in [0.1, 0.15) is 16.7 Å². The third kappa shape index (κ3) is 3.36. The van der Waals surface area contributed by atoms with Crippen LogP contribution in [0, 0.1) is 12.3 Å². The van der Waals surface area contributed by atoms with Crippen molar-refractivity contribution in [2.24, 2.45) is 0 Å². The maximum atomic E-state index is 11.3. The predicted molar refractivity (Wildman–Crippen MR) is 86.8 cm³/mol. The van der Waals surface area contributed by atoms with Crippen molar-refractivity contribution >= 4 is 23.0 Å². The molecule has 0 saturated heterocycles. The summed E-state index contributed by atoms with van der Waals surface area (Å²) in [6.07, 6.45) is 1.20. The molecular weight excluding hydrogens is 262 g/mol. The Kier molecular flexibility index (Phi) is 4.18. The van der Waals surface area contributed by atoms with E-state index in [4.69, 9.17) is 11.1 Å². The fourth-order valence-electron chi connectivity index (χ4n) is 2.01. The summed E-state index contributed by atoms with van der Waals surface area (Å²) in [5, 5.41) is 11.0. The van der Waals surface area contributed by atoms with Crippen LogP contribution in [0.2, 0.25) is 0 Å². The lowest BCUT2D eigenvalue weighted by atomic mass is 9.99. The van der Waals surface area contributed by atoms with Gasteiger partial charge in [0.2, 0.25) is 5.91 Å². The first-order valence-electron chi connectivity index (χ1n) is 6.50. The average molecular weight is 279 g/mol. The van der Waals surface area contributed by atoms with Crippen LogP contribution < -0.4 is 11.1 Å². The minimum absolute atomic E-state index is 0.284. The molecular formula is C17H17N3O. The highest BCUT2D eigenvalue weighted by atomic mass is 16.1. The molecule has 0 atom stereocenters. The number of carbonyl (C=O) groups is 1. The largest absolute Gasteiger partial charge is 0.398 e. The Balaban J connectivity index is 2.33. The van der Waals surface area contributed by atoms with Gasteiger partial charge in [0.15, 0.2) is 0 Å². The van der Waals surface area contributed by atoms with Crippen LogP contribution in [0.25, 0.3) is 0 Å². The molecule has 2 aromatic carbocycles. The van der Waals surface area contributed by atoms with Crippen molar-refractivity contribution in [3.8, 4) is 0 Å². The van der Waals surface area contributed by atoms with Gasteiger partial charge in [-0.1, -0.05) is 30.8 Å². The summed E-state index contributed by atoms with van der Waals surface area (Å²) in [5.41, 5.74) is 9.90. The van der Waals surface area contributed by atoms with Crippen LogP contribution in [0.3, 0.4) is 0 Å². The Morgan fingerprint density at radius 2 is 2.05 bits per heavy atom.